The van der Waals surface area contributed by atoms with Crippen molar-refractivity contribution in [2.75, 3.05) is 5.32 Å². The Morgan fingerprint density at radius 3 is 2.82 bits per heavy atom. The molecule has 2 heterocycles. The van der Waals surface area contributed by atoms with Crippen LogP contribution in [0.5, 0.6) is 0 Å². The topological polar surface area (TPSA) is 80.9 Å². The molecule has 0 radical (unpaired) electrons. The Morgan fingerprint density at radius 2 is 2.05 bits per heavy atom. The quantitative estimate of drug-likeness (QED) is 0.789. The number of pyridine rings is 1. The highest BCUT2D eigenvalue weighted by atomic mass is 35.5. The number of carbonyl (C=O) groups excluding carboxylic acids is 1. The zero-order chi connectivity index (χ0) is 15.5. The molecular weight excluding hydrogens is 327 g/mol. The number of halogens is 2. The summed E-state index contributed by atoms with van der Waals surface area (Å²) in [7, 11) is 0. The molecule has 1 N–H and O–H groups in total. The highest BCUT2D eigenvalue weighted by Crippen LogP contribution is 2.23. The third-order valence-electron chi connectivity index (χ3n) is 2.73. The summed E-state index contributed by atoms with van der Waals surface area (Å²) in [5.41, 5.74) is 0.867. The van der Waals surface area contributed by atoms with Crippen LogP contribution < -0.4 is 5.32 Å². The maximum Gasteiger partial charge on any atom is 0.322 e. The van der Waals surface area contributed by atoms with Crippen molar-refractivity contribution in [1.82, 2.24) is 15.2 Å². The zero-order valence-electron chi connectivity index (χ0n) is 11.0. The van der Waals surface area contributed by atoms with Crippen LogP contribution in [-0.2, 0) is 0 Å². The molecule has 0 bridgehead atoms. The van der Waals surface area contributed by atoms with E-state index in [1.807, 2.05) is 0 Å². The number of carbonyl (C=O) groups is 1. The van der Waals surface area contributed by atoms with Crippen molar-refractivity contribution in [3.63, 3.8) is 0 Å². The van der Waals surface area contributed by atoms with Crippen LogP contribution >= 0.6 is 23.2 Å². The molecule has 6 nitrogen and oxygen atoms in total. The molecular formula is C14H8Cl2N4O2. The lowest BCUT2D eigenvalue weighted by Crippen LogP contribution is -2.12. The molecule has 0 saturated carbocycles. The van der Waals surface area contributed by atoms with Crippen LogP contribution in [0.15, 0.2) is 47.1 Å². The first kappa shape index (κ1) is 14.5. The number of nitrogens with one attached hydrogen (secondary N) is 1. The van der Waals surface area contributed by atoms with Crippen molar-refractivity contribution in [3.8, 4) is 11.5 Å². The lowest BCUT2D eigenvalue weighted by Gasteiger charge is -2.03. The van der Waals surface area contributed by atoms with Crippen LogP contribution in [0.3, 0.4) is 0 Å². The van der Waals surface area contributed by atoms with Crippen LogP contribution in [0.2, 0.25) is 10.0 Å². The molecule has 3 aromatic rings. The van der Waals surface area contributed by atoms with Gasteiger partial charge in [0.1, 0.15) is 0 Å². The van der Waals surface area contributed by atoms with Gasteiger partial charge in [-0.1, -0.05) is 28.3 Å². The smallest absolute Gasteiger partial charge is 0.322 e. The van der Waals surface area contributed by atoms with E-state index in [0.717, 1.165) is 0 Å². The van der Waals surface area contributed by atoms with Gasteiger partial charge in [-0.15, -0.1) is 5.10 Å². The molecule has 2 aromatic heterocycles. The van der Waals surface area contributed by atoms with Crippen molar-refractivity contribution in [2.45, 2.75) is 0 Å². The molecule has 8 heteroatoms. The maximum absolute atomic E-state index is 12.1. The number of nitrogens with zero attached hydrogens (tertiary/aromatic N) is 3. The van der Waals surface area contributed by atoms with E-state index in [-0.39, 0.29) is 22.5 Å². The molecule has 1 aromatic carbocycles. The summed E-state index contributed by atoms with van der Waals surface area (Å²) >= 11 is 11.8. The SMILES string of the molecule is O=C(Nc1nnc(-c2cccnc2)o1)c1cc(Cl)ccc1Cl. The summed E-state index contributed by atoms with van der Waals surface area (Å²) in [5, 5.41) is 10.7. The van der Waals surface area contributed by atoms with Gasteiger partial charge in [0.25, 0.3) is 11.8 Å². The van der Waals surface area contributed by atoms with E-state index in [0.29, 0.717) is 10.6 Å². The van der Waals surface area contributed by atoms with E-state index < -0.39 is 5.91 Å². The Morgan fingerprint density at radius 1 is 1.18 bits per heavy atom. The van der Waals surface area contributed by atoms with Gasteiger partial charge in [0.2, 0.25) is 0 Å². The predicted octanol–water partition coefficient (Wildman–Crippen LogP) is 3.69. The normalized spacial score (nSPS) is 10.5. The summed E-state index contributed by atoms with van der Waals surface area (Å²) in [6, 6.07) is 8.04. The lowest BCUT2D eigenvalue weighted by atomic mass is 10.2. The van der Waals surface area contributed by atoms with E-state index in [2.05, 4.69) is 20.5 Å². The second kappa shape index (κ2) is 6.13. The highest BCUT2D eigenvalue weighted by Gasteiger charge is 2.15. The van der Waals surface area contributed by atoms with Crippen molar-refractivity contribution >= 4 is 35.1 Å². The predicted molar refractivity (Wildman–Crippen MR) is 81.9 cm³/mol. The van der Waals surface area contributed by atoms with E-state index in [4.69, 9.17) is 27.6 Å². The number of hydrogen-bond donors (Lipinski definition) is 1. The molecule has 0 aliphatic heterocycles. The Hall–Kier alpha value is -2.44. The molecule has 0 atom stereocenters. The molecule has 0 aliphatic carbocycles. The summed E-state index contributed by atoms with van der Waals surface area (Å²) < 4.78 is 5.36. The summed E-state index contributed by atoms with van der Waals surface area (Å²) in [6.07, 6.45) is 3.21. The van der Waals surface area contributed by atoms with Crippen LogP contribution in [0, 0.1) is 0 Å². The molecule has 0 unspecified atom stereocenters. The maximum atomic E-state index is 12.1. The van der Waals surface area contributed by atoms with Crippen LogP contribution in [0.1, 0.15) is 10.4 Å². The third-order valence-corrected chi connectivity index (χ3v) is 3.29. The summed E-state index contributed by atoms with van der Waals surface area (Å²) in [5.74, 6) is -0.241. The Bertz CT molecular complexity index is 821. The first-order chi connectivity index (χ1) is 10.6. The van der Waals surface area contributed by atoms with E-state index in [9.17, 15) is 4.79 Å². The number of amides is 1. The van der Waals surface area contributed by atoms with Gasteiger partial charge < -0.3 is 4.42 Å². The molecule has 110 valence electrons. The molecule has 1 amide bonds. The molecule has 0 aliphatic rings. The average molecular weight is 335 g/mol. The van der Waals surface area contributed by atoms with Crippen LogP contribution in [0.4, 0.5) is 6.01 Å². The van der Waals surface area contributed by atoms with Crippen molar-refractivity contribution < 1.29 is 9.21 Å². The number of hydrogen-bond acceptors (Lipinski definition) is 5. The van der Waals surface area contributed by atoms with Gasteiger partial charge in [-0.2, -0.15) is 0 Å². The van der Waals surface area contributed by atoms with Gasteiger partial charge in [-0.3, -0.25) is 15.1 Å². The lowest BCUT2D eigenvalue weighted by molar-refractivity contribution is 0.102. The minimum atomic E-state index is -0.492. The van der Waals surface area contributed by atoms with Gasteiger partial charge in [-0.05, 0) is 30.3 Å². The van der Waals surface area contributed by atoms with E-state index in [1.54, 1.807) is 30.6 Å². The molecule has 0 fully saturated rings. The Balaban J connectivity index is 1.81. The fourth-order valence-electron chi connectivity index (χ4n) is 1.72. The van der Waals surface area contributed by atoms with Crippen molar-refractivity contribution in [3.05, 3.63) is 58.3 Å². The van der Waals surface area contributed by atoms with E-state index in [1.165, 1.54) is 12.1 Å². The second-order valence-corrected chi connectivity index (χ2v) is 5.08. The number of benzene rings is 1. The zero-order valence-corrected chi connectivity index (χ0v) is 12.5. The monoisotopic (exact) mass is 334 g/mol. The summed E-state index contributed by atoms with van der Waals surface area (Å²) in [6.45, 7) is 0. The highest BCUT2D eigenvalue weighted by molar-refractivity contribution is 6.36. The minimum Gasteiger partial charge on any atom is -0.403 e. The number of anilines is 1. The standard InChI is InChI=1S/C14H8Cl2N4O2/c15-9-3-4-11(16)10(6-9)12(21)18-14-20-19-13(22-14)8-2-1-5-17-7-8/h1-7H,(H,18,20,21). The molecule has 0 spiro atoms. The first-order valence-corrected chi connectivity index (χ1v) is 6.89. The summed E-state index contributed by atoms with van der Waals surface area (Å²) in [4.78, 5) is 16.1. The Labute approximate surface area is 135 Å². The second-order valence-electron chi connectivity index (χ2n) is 4.23. The van der Waals surface area contributed by atoms with E-state index >= 15 is 0 Å². The average Bonchev–Trinajstić information content (AvgIpc) is 2.99. The first-order valence-electron chi connectivity index (χ1n) is 6.14. The van der Waals surface area contributed by atoms with Gasteiger partial charge in [-0.25, -0.2) is 0 Å². The number of rotatable bonds is 3. The minimum absolute atomic E-state index is 0.0418. The molecule has 3 rings (SSSR count). The third kappa shape index (κ3) is 3.08. The van der Waals surface area contributed by atoms with Crippen LogP contribution in [0.25, 0.3) is 11.5 Å². The van der Waals surface area contributed by atoms with Gasteiger partial charge in [0.05, 0.1) is 16.1 Å². The fourth-order valence-corrected chi connectivity index (χ4v) is 2.09. The van der Waals surface area contributed by atoms with Gasteiger partial charge in [0.15, 0.2) is 0 Å². The van der Waals surface area contributed by atoms with Gasteiger partial charge >= 0.3 is 6.01 Å². The Kier molecular flexibility index (Phi) is 4.04. The number of aromatic nitrogens is 3. The fraction of sp³-hybridized carbons (Fsp3) is 0. The molecule has 22 heavy (non-hydrogen) atoms. The van der Waals surface area contributed by atoms with Gasteiger partial charge in [0, 0.05) is 17.4 Å². The largest absolute Gasteiger partial charge is 0.403 e. The molecule has 0 saturated heterocycles. The van der Waals surface area contributed by atoms with Crippen molar-refractivity contribution in [1.29, 1.82) is 0 Å². The van der Waals surface area contributed by atoms with Crippen LogP contribution in [-0.4, -0.2) is 21.1 Å². The van der Waals surface area contributed by atoms with Crippen molar-refractivity contribution in [2.24, 2.45) is 0 Å².